The van der Waals surface area contributed by atoms with Crippen LogP contribution in [-0.4, -0.2) is 36.5 Å². The van der Waals surface area contributed by atoms with E-state index in [4.69, 9.17) is 4.74 Å². The molecule has 1 N–H and O–H groups in total. The van der Waals surface area contributed by atoms with E-state index in [1.165, 1.54) is 12.1 Å². The lowest BCUT2D eigenvalue weighted by atomic mass is 10.1. The Balaban J connectivity index is 1.81. The average molecular weight is 383 g/mol. The molecule has 2 aromatic rings. The van der Waals surface area contributed by atoms with Gasteiger partial charge in [-0.1, -0.05) is 6.07 Å². The van der Waals surface area contributed by atoms with Crippen molar-refractivity contribution in [2.75, 3.05) is 29.9 Å². The first-order chi connectivity index (χ1) is 13.5. The second-order valence-electron chi connectivity index (χ2n) is 6.41. The van der Waals surface area contributed by atoms with Gasteiger partial charge < -0.3 is 15.0 Å². The summed E-state index contributed by atoms with van der Waals surface area (Å²) in [4.78, 5) is 37.4. The maximum absolute atomic E-state index is 12.6. The quantitative estimate of drug-likeness (QED) is 0.464. The van der Waals surface area contributed by atoms with Crippen LogP contribution in [0.4, 0.5) is 17.1 Å². The van der Waals surface area contributed by atoms with E-state index in [0.29, 0.717) is 16.9 Å². The average Bonchev–Trinajstić information content (AvgIpc) is 3.22. The first kappa shape index (κ1) is 19.3. The smallest absolute Gasteiger partial charge is 0.338 e. The van der Waals surface area contributed by atoms with Gasteiger partial charge in [0.25, 0.3) is 11.6 Å². The van der Waals surface area contributed by atoms with Gasteiger partial charge in [0.1, 0.15) is 5.69 Å². The number of anilines is 2. The van der Waals surface area contributed by atoms with Crippen LogP contribution in [0, 0.1) is 10.1 Å². The van der Waals surface area contributed by atoms with Gasteiger partial charge in [-0.2, -0.15) is 0 Å². The molecule has 1 aliphatic rings. The molecule has 146 valence electrons. The summed E-state index contributed by atoms with van der Waals surface area (Å²) in [5.74, 6) is -0.971. The van der Waals surface area contributed by atoms with Crippen LogP contribution >= 0.6 is 0 Å². The number of hydrogen-bond donors (Lipinski definition) is 1. The van der Waals surface area contributed by atoms with Gasteiger partial charge in [-0.15, -0.1) is 0 Å². The fourth-order valence-corrected chi connectivity index (χ4v) is 3.18. The highest BCUT2D eigenvalue weighted by molar-refractivity contribution is 6.05. The Morgan fingerprint density at radius 3 is 2.57 bits per heavy atom. The van der Waals surface area contributed by atoms with Crippen LogP contribution in [0.2, 0.25) is 0 Å². The highest BCUT2D eigenvalue weighted by Crippen LogP contribution is 2.31. The molecule has 0 atom stereocenters. The second-order valence-corrected chi connectivity index (χ2v) is 6.41. The number of carbonyl (C=O) groups excluding carboxylic acids is 2. The number of amides is 1. The number of hydrogen-bond acceptors (Lipinski definition) is 6. The molecule has 1 heterocycles. The van der Waals surface area contributed by atoms with E-state index in [1.807, 2.05) is 4.90 Å². The standard InChI is InChI=1S/C20H21N3O5/c1-2-28-20(25)15-6-5-7-16(12-15)21-19(24)14-8-9-17(18(13-14)23(26)27)22-10-3-4-11-22/h5-9,12-13H,2-4,10-11H2,1H3,(H,21,24). The minimum atomic E-state index is -0.489. The zero-order valence-corrected chi connectivity index (χ0v) is 15.5. The van der Waals surface area contributed by atoms with Crippen molar-refractivity contribution in [3.05, 3.63) is 63.7 Å². The number of nitrogens with one attached hydrogen (secondary N) is 1. The van der Waals surface area contributed by atoms with Crippen molar-refractivity contribution in [3.63, 3.8) is 0 Å². The molecular weight excluding hydrogens is 362 g/mol. The van der Waals surface area contributed by atoms with Gasteiger partial charge in [-0.3, -0.25) is 14.9 Å². The number of nitrogens with zero attached hydrogens (tertiary/aromatic N) is 2. The number of nitro groups is 1. The summed E-state index contributed by atoms with van der Waals surface area (Å²) in [6, 6.07) is 10.8. The van der Waals surface area contributed by atoms with Gasteiger partial charge in [-0.25, -0.2) is 4.79 Å². The number of benzene rings is 2. The number of ether oxygens (including phenoxy) is 1. The lowest BCUT2D eigenvalue weighted by molar-refractivity contribution is -0.384. The van der Waals surface area contributed by atoms with Crippen LogP contribution in [-0.2, 0) is 4.74 Å². The van der Waals surface area contributed by atoms with E-state index >= 15 is 0 Å². The molecule has 0 saturated carbocycles. The lowest BCUT2D eigenvalue weighted by Crippen LogP contribution is -2.20. The zero-order chi connectivity index (χ0) is 20.1. The Labute approximate surface area is 162 Å². The number of carbonyl (C=O) groups is 2. The predicted octanol–water partition coefficient (Wildman–Crippen LogP) is 3.62. The van der Waals surface area contributed by atoms with Gasteiger partial charge in [0.2, 0.25) is 0 Å². The van der Waals surface area contributed by atoms with E-state index in [2.05, 4.69) is 5.32 Å². The molecule has 2 aromatic carbocycles. The number of rotatable bonds is 6. The normalized spacial score (nSPS) is 13.2. The fourth-order valence-electron chi connectivity index (χ4n) is 3.18. The van der Waals surface area contributed by atoms with Crippen LogP contribution in [0.15, 0.2) is 42.5 Å². The maximum atomic E-state index is 12.6. The van der Waals surface area contributed by atoms with Gasteiger partial charge in [0, 0.05) is 30.4 Å². The van der Waals surface area contributed by atoms with Gasteiger partial charge in [-0.05, 0) is 50.1 Å². The van der Waals surface area contributed by atoms with Gasteiger partial charge in [0.05, 0.1) is 17.1 Å². The predicted molar refractivity (Wildman–Crippen MR) is 105 cm³/mol. The van der Waals surface area contributed by atoms with Gasteiger partial charge in [0.15, 0.2) is 0 Å². The Bertz CT molecular complexity index is 906. The first-order valence-electron chi connectivity index (χ1n) is 9.11. The fraction of sp³-hybridized carbons (Fsp3) is 0.300. The summed E-state index contributed by atoms with van der Waals surface area (Å²) >= 11 is 0. The summed E-state index contributed by atoms with van der Waals surface area (Å²) in [5, 5.41) is 14.2. The highest BCUT2D eigenvalue weighted by Gasteiger charge is 2.24. The third-order valence-corrected chi connectivity index (χ3v) is 4.51. The summed E-state index contributed by atoms with van der Waals surface area (Å²) in [5.41, 5.74) is 1.34. The minimum absolute atomic E-state index is 0.0881. The molecule has 0 unspecified atom stereocenters. The molecule has 0 aliphatic carbocycles. The molecule has 28 heavy (non-hydrogen) atoms. The molecule has 0 spiro atoms. The van der Waals surface area contributed by atoms with Crippen molar-refractivity contribution in [2.45, 2.75) is 19.8 Å². The summed E-state index contributed by atoms with van der Waals surface area (Å²) in [6.07, 6.45) is 1.99. The van der Waals surface area contributed by atoms with E-state index in [0.717, 1.165) is 25.9 Å². The first-order valence-corrected chi connectivity index (χ1v) is 9.11. The van der Waals surface area contributed by atoms with Crippen molar-refractivity contribution in [1.29, 1.82) is 0 Å². The van der Waals surface area contributed by atoms with Crippen molar-refractivity contribution in [2.24, 2.45) is 0 Å². The summed E-state index contributed by atoms with van der Waals surface area (Å²) in [6.45, 7) is 3.50. The molecule has 1 fully saturated rings. The third kappa shape index (κ3) is 4.28. The topological polar surface area (TPSA) is 102 Å². The van der Waals surface area contributed by atoms with Crippen molar-refractivity contribution in [1.82, 2.24) is 0 Å². The van der Waals surface area contributed by atoms with Gasteiger partial charge >= 0.3 is 5.97 Å². The van der Waals surface area contributed by atoms with Crippen molar-refractivity contribution < 1.29 is 19.2 Å². The molecule has 1 aliphatic heterocycles. The molecule has 8 nitrogen and oxygen atoms in total. The van der Waals surface area contributed by atoms with Crippen LogP contribution in [0.1, 0.15) is 40.5 Å². The molecule has 1 amide bonds. The Kier molecular flexibility index (Phi) is 5.88. The van der Waals surface area contributed by atoms with Crippen LogP contribution in [0.5, 0.6) is 0 Å². The maximum Gasteiger partial charge on any atom is 0.338 e. The van der Waals surface area contributed by atoms with E-state index in [1.54, 1.807) is 37.3 Å². The lowest BCUT2D eigenvalue weighted by Gasteiger charge is -2.17. The monoisotopic (exact) mass is 383 g/mol. The van der Waals surface area contributed by atoms with Crippen molar-refractivity contribution >= 4 is 28.9 Å². The summed E-state index contributed by atoms with van der Waals surface area (Å²) < 4.78 is 4.95. The number of nitro benzene ring substituents is 1. The second kappa shape index (κ2) is 8.51. The third-order valence-electron chi connectivity index (χ3n) is 4.51. The Morgan fingerprint density at radius 2 is 1.89 bits per heavy atom. The zero-order valence-electron chi connectivity index (χ0n) is 15.5. The Hall–Kier alpha value is -3.42. The molecule has 0 bridgehead atoms. The number of esters is 1. The van der Waals surface area contributed by atoms with E-state index in [-0.39, 0.29) is 17.9 Å². The van der Waals surface area contributed by atoms with E-state index < -0.39 is 16.8 Å². The molecule has 0 radical (unpaired) electrons. The van der Waals surface area contributed by atoms with Crippen LogP contribution < -0.4 is 10.2 Å². The van der Waals surface area contributed by atoms with Crippen LogP contribution in [0.3, 0.4) is 0 Å². The van der Waals surface area contributed by atoms with Crippen molar-refractivity contribution in [3.8, 4) is 0 Å². The molecule has 8 heteroatoms. The molecular formula is C20H21N3O5. The molecule has 1 saturated heterocycles. The largest absolute Gasteiger partial charge is 0.462 e. The van der Waals surface area contributed by atoms with E-state index in [9.17, 15) is 19.7 Å². The minimum Gasteiger partial charge on any atom is -0.462 e. The Morgan fingerprint density at radius 1 is 1.14 bits per heavy atom. The summed E-state index contributed by atoms with van der Waals surface area (Å²) in [7, 11) is 0. The molecule has 0 aromatic heterocycles. The van der Waals surface area contributed by atoms with Crippen LogP contribution in [0.25, 0.3) is 0 Å². The molecule has 3 rings (SSSR count). The highest BCUT2D eigenvalue weighted by atomic mass is 16.6. The SMILES string of the molecule is CCOC(=O)c1cccc(NC(=O)c2ccc(N3CCCC3)c([N+](=O)[O-])c2)c1.